The first-order valence-corrected chi connectivity index (χ1v) is 13.7. The monoisotopic (exact) mass is 497 g/mol. The average molecular weight is 498 g/mol. The number of carbonyl (C=O) groups excluding carboxylic acids is 1. The van der Waals surface area contributed by atoms with Gasteiger partial charge in [-0.25, -0.2) is 0 Å². The van der Waals surface area contributed by atoms with Crippen molar-refractivity contribution >= 4 is 22.4 Å². The summed E-state index contributed by atoms with van der Waals surface area (Å²) in [6, 6.07) is 16.6. The molecule has 2 fully saturated rings. The number of piperidine rings is 1. The molecule has 6 nitrogen and oxygen atoms in total. The predicted molar refractivity (Wildman–Crippen MR) is 151 cm³/mol. The summed E-state index contributed by atoms with van der Waals surface area (Å²) in [5.74, 6) is 0.646. The third-order valence-corrected chi connectivity index (χ3v) is 7.52. The van der Waals surface area contributed by atoms with E-state index in [9.17, 15) is 10.1 Å². The Labute approximate surface area is 221 Å². The van der Waals surface area contributed by atoms with Crippen LogP contribution in [0.15, 0.2) is 54.9 Å². The van der Waals surface area contributed by atoms with E-state index in [2.05, 4.69) is 54.2 Å². The molecule has 0 spiro atoms. The van der Waals surface area contributed by atoms with E-state index in [4.69, 9.17) is 0 Å². The number of rotatable bonds is 7. The fraction of sp³-hybridized carbons (Fsp3) is 0.452. The lowest BCUT2D eigenvalue weighted by atomic mass is 9.98. The number of anilines is 1. The second-order valence-corrected chi connectivity index (χ2v) is 9.95. The topological polar surface area (TPSA) is 72.3 Å². The summed E-state index contributed by atoms with van der Waals surface area (Å²) in [5, 5.41) is 15.2. The van der Waals surface area contributed by atoms with Crippen molar-refractivity contribution in [2.24, 2.45) is 5.92 Å². The number of carbonyl (C=O) groups is 1. The van der Waals surface area contributed by atoms with Crippen LogP contribution < -0.4 is 5.32 Å². The van der Waals surface area contributed by atoms with Crippen LogP contribution in [0.3, 0.4) is 0 Å². The van der Waals surface area contributed by atoms with Gasteiger partial charge in [0, 0.05) is 48.5 Å². The van der Waals surface area contributed by atoms with Gasteiger partial charge in [0.15, 0.2) is 0 Å². The molecule has 2 aliphatic rings. The largest absolute Gasteiger partial charge is 0.382 e. The van der Waals surface area contributed by atoms with Crippen LogP contribution in [0.1, 0.15) is 52.0 Å². The Morgan fingerprint density at radius 2 is 1.76 bits per heavy atom. The zero-order chi connectivity index (χ0) is 26.2. The minimum absolute atomic E-state index is 0.297. The van der Waals surface area contributed by atoms with E-state index in [0.29, 0.717) is 23.4 Å². The maximum Gasteiger partial charge on any atom is 0.225 e. The summed E-state index contributed by atoms with van der Waals surface area (Å²) < 4.78 is 0. The van der Waals surface area contributed by atoms with Crippen LogP contribution in [0.2, 0.25) is 0 Å². The third kappa shape index (κ3) is 6.87. The second kappa shape index (κ2) is 12.7. The summed E-state index contributed by atoms with van der Waals surface area (Å²) in [5.41, 5.74) is 3.82. The number of nitrogens with zero attached hydrogens (tertiary/aromatic N) is 4. The molecular weight excluding hydrogens is 458 g/mol. The molecule has 6 heteroatoms. The van der Waals surface area contributed by atoms with Gasteiger partial charge in [-0.3, -0.25) is 9.78 Å². The molecule has 1 N–H and O–H groups in total. The lowest BCUT2D eigenvalue weighted by molar-refractivity contribution is -0.133. The van der Waals surface area contributed by atoms with Gasteiger partial charge in [-0.2, -0.15) is 5.26 Å². The van der Waals surface area contributed by atoms with Crippen LogP contribution in [0.25, 0.3) is 21.9 Å². The molecule has 0 radical (unpaired) electrons. The van der Waals surface area contributed by atoms with Crippen molar-refractivity contribution in [2.75, 3.05) is 38.0 Å². The maximum atomic E-state index is 12.3. The lowest BCUT2D eigenvalue weighted by Crippen LogP contribution is -2.43. The quantitative estimate of drug-likeness (QED) is 0.438. The molecule has 1 aliphatic heterocycles. The van der Waals surface area contributed by atoms with Gasteiger partial charge in [0.1, 0.15) is 0 Å². The minimum Gasteiger partial charge on any atom is -0.382 e. The number of amides is 1. The second-order valence-electron chi connectivity index (χ2n) is 9.95. The van der Waals surface area contributed by atoms with Crippen molar-refractivity contribution in [3.05, 3.63) is 60.4 Å². The number of benzene rings is 2. The molecule has 0 unspecified atom stereocenters. The van der Waals surface area contributed by atoms with E-state index >= 15 is 0 Å². The number of likely N-dealkylation sites (tertiary alicyclic amines) is 1. The van der Waals surface area contributed by atoms with E-state index in [-0.39, 0.29) is 0 Å². The SMILES string of the molecule is CCN(CC)CC.N#Cc1cccc(-c2cc(NC3CCN(C(=O)C4CC4)CC3)c3cnccc3c2)c1. The van der Waals surface area contributed by atoms with Crippen molar-refractivity contribution in [1.82, 2.24) is 14.8 Å². The molecule has 1 saturated carbocycles. The fourth-order valence-corrected chi connectivity index (χ4v) is 4.98. The number of hydrogen-bond acceptors (Lipinski definition) is 5. The van der Waals surface area contributed by atoms with Crippen molar-refractivity contribution < 1.29 is 4.79 Å². The zero-order valence-corrected chi connectivity index (χ0v) is 22.4. The first-order valence-electron chi connectivity index (χ1n) is 13.7. The smallest absolute Gasteiger partial charge is 0.225 e. The normalized spacial score (nSPS) is 15.7. The van der Waals surface area contributed by atoms with Crippen LogP contribution in [-0.4, -0.2) is 59.5 Å². The summed E-state index contributed by atoms with van der Waals surface area (Å²) in [6.45, 7) is 11.8. The Balaban J connectivity index is 0.000000405. The molecule has 2 aromatic carbocycles. The number of fused-ring (bicyclic) bond motifs is 1. The summed E-state index contributed by atoms with van der Waals surface area (Å²) in [4.78, 5) is 21.1. The van der Waals surface area contributed by atoms with Gasteiger partial charge >= 0.3 is 0 Å². The van der Waals surface area contributed by atoms with Crippen LogP contribution >= 0.6 is 0 Å². The minimum atomic E-state index is 0.297. The van der Waals surface area contributed by atoms with E-state index in [1.165, 1.54) is 19.6 Å². The Hall–Kier alpha value is -3.43. The number of aromatic nitrogens is 1. The first-order chi connectivity index (χ1) is 18.1. The average Bonchev–Trinajstić information content (AvgIpc) is 3.80. The Morgan fingerprint density at radius 1 is 1.03 bits per heavy atom. The Morgan fingerprint density at radius 3 is 2.38 bits per heavy atom. The van der Waals surface area contributed by atoms with Gasteiger partial charge in [-0.15, -0.1) is 0 Å². The standard InChI is InChI=1S/C25H24N4O.C6H15N/c26-15-17-2-1-3-19(12-17)21-13-20-6-9-27-16-23(20)24(14-21)28-22-7-10-29(11-8-22)25(30)18-4-5-18;1-4-7(5-2)6-3/h1-3,6,9,12-14,16,18,22,28H,4-5,7-8,10-11H2;4-6H2,1-3H3. The van der Waals surface area contributed by atoms with Gasteiger partial charge in [-0.05, 0) is 92.2 Å². The van der Waals surface area contributed by atoms with Crippen molar-refractivity contribution in [3.63, 3.8) is 0 Å². The van der Waals surface area contributed by atoms with Gasteiger partial charge < -0.3 is 15.1 Å². The van der Waals surface area contributed by atoms with Crippen LogP contribution in [0.5, 0.6) is 0 Å². The van der Waals surface area contributed by atoms with E-state index in [1.54, 1.807) is 0 Å². The van der Waals surface area contributed by atoms with E-state index in [0.717, 1.165) is 66.4 Å². The molecule has 2 heterocycles. The summed E-state index contributed by atoms with van der Waals surface area (Å²) >= 11 is 0. The molecule has 0 atom stereocenters. The summed E-state index contributed by atoms with van der Waals surface area (Å²) in [7, 11) is 0. The molecule has 0 bridgehead atoms. The number of nitriles is 1. The zero-order valence-electron chi connectivity index (χ0n) is 22.4. The van der Waals surface area contributed by atoms with Crippen molar-refractivity contribution in [2.45, 2.75) is 52.5 Å². The molecule has 37 heavy (non-hydrogen) atoms. The highest BCUT2D eigenvalue weighted by molar-refractivity contribution is 5.97. The molecule has 1 amide bonds. The molecular formula is C31H39N5O. The lowest BCUT2D eigenvalue weighted by Gasteiger charge is -2.33. The van der Waals surface area contributed by atoms with Crippen LogP contribution in [0, 0.1) is 17.2 Å². The van der Waals surface area contributed by atoms with Gasteiger partial charge in [0.05, 0.1) is 11.6 Å². The maximum absolute atomic E-state index is 12.3. The van der Waals surface area contributed by atoms with Gasteiger partial charge in [0.25, 0.3) is 0 Å². The van der Waals surface area contributed by atoms with E-state index in [1.807, 2.05) is 47.6 Å². The van der Waals surface area contributed by atoms with Crippen LogP contribution in [0.4, 0.5) is 5.69 Å². The number of pyridine rings is 1. The molecule has 1 aliphatic carbocycles. The van der Waals surface area contributed by atoms with E-state index < -0.39 is 0 Å². The van der Waals surface area contributed by atoms with Gasteiger partial charge in [0.2, 0.25) is 5.91 Å². The molecule has 5 rings (SSSR count). The fourth-order valence-electron chi connectivity index (χ4n) is 4.98. The molecule has 1 aromatic heterocycles. The van der Waals surface area contributed by atoms with Crippen molar-refractivity contribution in [1.29, 1.82) is 5.26 Å². The third-order valence-electron chi connectivity index (χ3n) is 7.52. The molecule has 3 aromatic rings. The molecule has 194 valence electrons. The Kier molecular flexibility index (Phi) is 9.14. The number of nitrogens with one attached hydrogen (secondary N) is 1. The van der Waals surface area contributed by atoms with Gasteiger partial charge in [-0.1, -0.05) is 32.9 Å². The van der Waals surface area contributed by atoms with Crippen molar-refractivity contribution in [3.8, 4) is 17.2 Å². The Bertz CT molecular complexity index is 1230. The summed E-state index contributed by atoms with van der Waals surface area (Å²) in [6.07, 6.45) is 7.75. The predicted octanol–water partition coefficient (Wildman–Crippen LogP) is 5.93. The molecule has 1 saturated heterocycles. The van der Waals surface area contributed by atoms with Crippen LogP contribution in [-0.2, 0) is 4.79 Å². The highest BCUT2D eigenvalue weighted by atomic mass is 16.2. The number of hydrogen-bond donors (Lipinski definition) is 1. The highest BCUT2D eigenvalue weighted by Gasteiger charge is 2.34. The first kappa shape index (κ1) is 26.6. The highest BCUT2D eigenvalue weighted by Crippen LogP contribution is 2.34.